The van der Waals surface area contributed by atoms with Gasteiger partial charge in [-0.25, -0.2) is 0 Å². The van der Waals surface area contributed by atoms with E-state index < -0.39 is 0 Å². The van der Waals surface area contributed by atoms with Gasteiger partial charge in [-0.2, -0.15) is 0 Å². The minimum absolute atomic E-state index is 0.106. The summed E-state index contributed by atoms with van der Waals surface area (Å²) in [5, 5.41) is 0. The zero-order valence-corrected chi connectivity index (χ0v) is 10.8. The number of nitrogens with one attached hydrogen (secondary N) is 2. The fourth-order valence-corrected chi connectivity index (χ4v) is 0.810. The summed E-state index contributed by atoms with van der Waals surface area (Å²) in [5.74, 6) is 0. The van der Waals surface area contributed by atoms with Crippen LogP contribution >= 0.6 is 19.1 Å². The van der Waals surface area contributed by atoms with Gasteiger partial charge < -0.3 is 16.4 Å². The van der Waals surface area contributed by atoms with Crippen molar-refractivity contribution in [3.05, 3.63) is 11.5 Å². The molecule has 0 spiro atoms. The maximum atomic E-state index is 6.91. The summed E-state index contributed by atoms with van der Waals surface area (Å²) < 4.78 is 0. The predicted octanol–water partition coefficient (Wildman–Crippen LogP) is 3.18. The van der Waals surface area contributed by atoms with Gasteiger partial charge in [-0.05, 0) is 20.1 Å². The van der Waals surface area contributed by atoms with Crippen LogP contribution in [0, 0.1) is 0 Å². The van der Waals surface area contributed by atoms with Crippen LogP contribution in [0.5, 0.6) is 0 Å². The molecule has 0 unspecified atom stereocenters. The summed E-state index contributed by atoms with van der Waals surface area (Å²) in [6.07, 6.45) is 1.91. The van der Waals surface area contributed by atoms with E-state index in [1.165, 1.54) is 0 Å². The second-order valence-corrected chi connectivity index (χ2v) is 4.92. The van der Waals surface area contributed by atoms with Gasteiger partial charge in [0.15, 0.2) is 0 Å². The van der Waals surface area contributed by atoms with Crippen LogP contribution in [0.3, 0.4) is 0 Å². The zero-order chi connectivity index (χ0) is 10.5. The van der Waals surface area contributed by atoms with Gasteiger partial charge in [0.1, 0.15) is 0 Å². The average Bonchev–Trinajstić information content (AvgIpc) is 2.12. The van der Waals surface area contributed by atoms with Crippen molar-refractivity contribution in [1.29, 1.82) is 0 Å². The van der Waals surface area contributed by atoms with Gasteiger partial charge in [-0.1, -0.05) is 12.8 Å². The van der Waals surface area contributed by atoms with Crippen LogP contribution in [-0.4, -0.2) is 38.1 Å². The molecule has 3 nitrogen and oxygen atoms in total. The Labute approximate surface area is 97.2 Å². The number of hydrogen-bond acceptors (Lipinski definition) is 1. The molecule has 13 heavy (non-hydrogen) atoms. The molecule has 0 bridgehead atoms. The van der Waals surface area contributed by atoms with Gasteiger partial charge in [0.2, 0.25) is 0 Å². The first kappa shape index (κ1) is 16.5. The van der Waals surface area contributed by atoms with Crippen molar-refractivity contribution in [2.45, 2.75) is 12.8 Å². The molecule has 0 amide bonds. The molecular weight excluding hydrogens is 303 g/mol. The van der Waals surface area contributed by atoms with Crippen LogP contribution in [0.25, 0.3) is 11.5 Å². The summed E-state index contributed by atoms with van der Waals surface area (Å²) in [6.45, 7) is 3.05. The molecule has 0 fully saturated rings. The van der Waals surface area contributed by atoms with E-state index in [4.69, 9.17) is 30.5 Å². The molecule has 0 saturated heterocycles. The van der Waals surface area contributed by atoms with E-state index >= 15 is 0 Å². The average molecular weight is 321 g/mol. The second-order valence-electron chi connectivity index (χ2n) is 2.56. The van der Waals surface area contributed by atoms with E-state index in [9.17, 15) is 0 Å². The van der Waals surface area contributed by atoms with Crippen molar-refractivity contribution in [3.8, 4) is 0 Å². The molecule has 86 valence electrons. The van der Waals surface area contributed by atoms with Crippen molar-refractivity contribution >= 4 is 19.1 Å². The van der Waals surface area contributed by atoms with Crippen LogP contribution in [0.15, 0.2) is 0 Å². The van der Waals surface area contributed by atoms with Crippen LogP contribution in [0.1, 0.15) is 12.8 Å². The molecular formula is C7H17Cl2N3Pd-2. The van der Waals surface area contributed by atoms with Gasteiger partial charge in [0.05, 0.1) is 0 Å². The van der Waals surface area contributed by atoms with Gasteiger partial charge >= 0.3 is 35.0 Å². The molecule has 6 heteroatoms. The maximum absolute atomic E-state index is 6.91. The molecule has 0 rings (SSSR count). The fraction of sp³-hybridized carbons (Fsp3) is 1.00. The monoisotopic (exact) mass is 319 g/mol. The van der Waals surface area contributed by atoms with Crippen LogP contribution in [-0.2, 0) is 15.9 Å². The standard InChI is InChI=1S/C7H17N3.2ClH.Pd/c1-10(6-2-4-8)7-3-5-9;;;/h8-9H,2-7H2,1H3;2*1H;/q-2;;;+2/p-2. The minimum atomic E-state index is -0.106. The number of hydrogen-bond donors (Lipinski definition) is 0. The molecule has 2 N–H and O–H groups in total. The molecule has 0 aromatic rings. The summed E-state index contributed by atoms with van der Waals surface area (Å²) in [5.41, 5.74) is 13.8. The Bertz CT molecular complexity index is 80.1. The Morgan fingerprint density at radius 3 is 1.62 bits per heavy atom. The van der Waals surface area contributed by atoms with Gasteiger partial charge in [-0.15, -0.1) is 13.1 Å². The quantitative estimate of drug-likeness (QED) is 0.693. The number of halogens is 2. The molecule has 0 saturated carbocycles. The SMILES string of the molecule is CN(CCC[NH-])CCC[NH-].[Cl][Pd][Cl]. The van der Waals surface area contributed by atoms with Crippen molar-refractivity contribution in [3.63, 3.8) is 0 Å². The Morgan fingerprint density at radius 2 is 1.38 bits per heavy atom. The van der Waals surface area contributed by atoms with Gasteiger partial charge in [0.25, 0.3) is 0 Å². The molecule has 0 radical (unpaired) electrons. The molecule has 0 aliphatic heterocycles. The summed E-state index contributed by atoms with van der Waals surface area (Å²) >= 11 is -0.106. The van der Waals surface area contributed by atoms with E-state index in [1.807, 2.05) is 7.05 Å². The molecule has 0 heterocycles. The topological polar surface area (TPSA) is 50.8 Å². The summed E-state index contributed by atoms with van der Waals surface area (Å²) in [7, 11) is 11.7. The van der Waals surface area contributed by atoms with Gasteiger partial charge in [-0.3, -0.25) is 0 Å². The van der Waals surface area contributed by atoms with Crippen molar-refractivity contribution in [1.82, 2.24) is 4.90 Å². The zero-order valence-electron chi connectivity index (χ0n) is 7.76. The number of rotatable bonds is 6. The van der Waals surface area contributed by atoms with Crippen molar-refractivity contribution in [2.24, 2.45) is 0 Å². The fourth-order valence-electron chi connectivity index (χ4n) is 0.810. The van der Waals surface area contributed by atoms with Gasteiger partial charge in [0, 0.05) is 0 Å². The Kier molecular flexibility index (Phi) is 19.8. The van der Waals surface area contributed by atoms with E-state index in [-0.39, 0.29) is 15.9 Å². The third-order valence-corrected chi connectivity index (χ3v) is 1.43. The van der Waals surface area contributed by atoms with E-state index in [2.05, 4.69) is 4.90 Å². The first-order valence-electron chi connectivity index (χ1n) is 4.03. The Balaban J connectivity index is 0. The van der Waals surface area contributed by atoms with Crippen LogP contribution < -0.4 is 0 Å². The first-order chi connectivity index (χ1) is 6.22. The molecule has 0 aromatic heterocycles. The normalized spacial score (nSPS) is 10.0. The molecule has 0 atom stereocenters. The number of nitrogens with zero attached hydrogens (tertiary/aromatic N) is 1. The van der Waals surface area contributed by atoms with Crippen LogP contribution in [0.2, 0.25) is 0 Å². The second kappa shape index (κ2) is 15.6. The molecule has 0 aliphatic carbocycles. The molecule has 0 aromatic carbocycles. The Morgan fingerprint density at radius 1 is 1.08 bits per heavy atom. The van der Waals surface area contributed by atoms with Crippen molar-refractivity contribution in [2.75, 3.05) is 33.2 Å². The van der Waals surface area contributed by atoms with Crippen molar-refractivity contribution < 1.29 is 15.9 Å². The summed E-state index contributed by atoms with van der Waals surface area (Å²) in [6, 6.07) is 0. The van der Waals surface area contributed by atoms with E-state index in [0.29, 0.717) is 13.1 Å². The summed E-state index contributed by atoms with van der Waals surface area (Å²) in [4.78, 5) is 2.18. The van der Waals surface area contributed by atoms with E-state index in [1.54, 1.807) is 0 Å². The van der Waals surface area contributed by atoms with E-state index in [0.717, 1.165) is 25.9 Å². The Hall–Kier alpha value is 1.12. The third-order valence-electron chi connectivity index (χ3n) is 1.43. The predicted molar refractivity (Wildman–Crippen MR) is 56.8 cm³/mol. The molecule has 0 aliphatic rings. The first-order valence-corrected chi connectivity index (χ1v) is 8.03. The third kappa shape index (κ3) is 19.5. The van der Waals surface area contributed by atoms with Crippen LogP contribution in [0.4, 0.5) is 0 Å².